The Balaban J connectivity index is 2.10. The van der Waals surface area contributed by atoms with Gasteiger partial charge in [-0.25, -0.2) is 0 Å². The Hall–Kier alpha value is -1.13. The Morgan fingerprint density at radius 1 is 1.67 bits per heavy atom. The first-order chi connectivity index (χ1) is 7.18. The monoisotopic (exact) mass is 225 g/mol. The summed E-state index contributed by atoms with van der Waals surface area (Å²) >= 11 is 5.90. The van der Waals surface area contributed by atoms with Gasteiger partial charge in [-0.3, -0.25) is 9.78 Å². The minimum Gasteiger partial charge on any atom is -0.329 e. The van der Waals surface area contributed by atoms with E-state index in [2.05, 4.69) is 10.3 Å². The Labute approximate surface area is 92.8 Å². The molecule has 1 amide bonds. The molecule has 0 saturated heterocycles. The molecule has 1 saturated carbocycles. The van der Waals surface area contributed by atoms with E-state index in [1.807, 2.05) is 0 Å². The lowest BCUT2D eigenvalue weighted by molar-refractivity contribution is -0.120. The van der Waals surface area contributed by atoms with Crippen molar-refractivity contribution in [3.05, 3.63) is 23.5 Å². The van der Waals surface area contributed by atoms with E-state index in [4.69, 9.17) is 17.3 Å². The molecule has 1 aliphatic rings. The maximum absolute atomic E-state index is 11.8. The normalized spacial score (nSPS) is 17.2. The van der Waals surface area contributed by atoms with Crippen LogP contribution in [0.25, 0.3) is 0 Å². The van der Waals surface area contributed by atoms with Crippen molar-refractivity contribution in [3.63, 3.8) is 0 Å². The van der Waals surface area contributed by atoms with E-state index in [1.54, 1.807) is 12.3 Å². The van der Waals surface area contributed by atoms with Gasteiger partial charge in [0, 0.05) is 12.7 Å². The first kappa shape index (κ1) is 10.4. The summed E-state index contributed by atoms with van der Waals surface area (Å²) in [5.74, 6) is -0.0556. The van der Waals surface area contributed by atoms with Gasteiger partial charge < -0.3 is 11.1 Å². The van der Waals surface area contributed by atoms with Gasteiger partial charge in [-0.05, 0) is 18.9 Å². The highest BCUT2D eigenvalue weighted by atomic mass is 35.5. The van der Waals surface area contributed by atoms with Crippen molar-refractivity contribution in [1.29, 1.82) is 0 Å². The van der Waals surface area contributed by atoms with Crippen molar-refractivity contribution in [1.82, 2.24) is 4.98 Å². The number of hydrogen-bond donors (Lipinski definition) is 2. The molecule has 5 heteroatoms. The van der Waals surface area contributed by atoms with Gasteiger partial charge in [-0.1, -0.05) is 11.6 Å². The second-order valence-electron chi connectivity index (χ2n) is 3.79. The van der Waals surface area contributed by atoms with Gasteiger partial charge in [0.15, 0.2) is 0 Å². The number of carbonyl (C=O) groups excluding carboxylic acids is 1. The number of amides is 1. The van der Waals surface area contributed by atoms with Crippen LogP contribution < -0.4 is 11.1 Å². The standard InChI is InChI=1S/C10H12ClN3O/c11-7-1-4-13-5-8(7)14-9(15)10(6-12)2-3-10/h1,4-5H,2-3,6,12H2,(H,14,15). The van der Waals surface area contributed by atoms with Gasteiger partial charge in [-0.2, -0.15) is 0 Å². The molecule has 0 aliphatic heterocycles. The van der Waals surface area contributed by atoms with Crippen LogP contribution in [0.3, 0.4) is 0 Å². The SMILES string of the molecule is NCC1(C(=O)Nc2cnccc2Cl)CC1. The summed E-state index contributed by atoms with van der Waals surface area (Å²) in [7, 11) is 0. The van der Waals surface area contributed by atoms with Crippen LogP contribution in [0.1, 0.15) is 12.8 Å². The molecule has 80 valence electrons. The molecular weight excluding hydrogens is 214 g/mol. The highest BCUT2D eigenvalue weighted by Gasteiger charge is 2.48. The Morgan fingerprint density at radius 2 is 2.40 bits per heavy atom. The number of nitrogens with one attached hydrogen (secondary N) is 1. The summed E-state index contributed by atoms with van der Waals surface area (Å²) < 4.78 is 0. The van der Waals surface area contributed by atoms with Crippen molar-refractivity contribution in [3.8, 4) is 0 Å². The Bertz CT molecular complexity index is 390. The number of nitrogens with zero attached hydrogens (tertiary/aromatic N) is 1. The quantitative estimate of drug-likeness (QED) is 0.818. The molecule has 15 heavy (non-hydrogen) atoms. The Morgan fingerprint density at radius 3 is 2.93 bits per heavy atom. The van der Waals surface area contributed by atoms with E-state index in [9.17, 15) is 4.79 Å². The number of rotatable bonds is 3. The molecule has 0 radical (unpaired) electrons. The van der Waals surface area contributed by atoms with Crippen LogP contribution in [-0.2, 0) is 4.79 Å². The zero-order valence-electron chi connectivity index (χ0n) is 8.16. The third-order valence-corrected chi connectivity index (χ3v) is 3.07. The Kier molecular flexibility index (Phi) is 2.63. The van der Waals surface area contributed by atoms with Crippen LogP contribution in [0.5, 0.6) is 0 Å². The van der Waals surface area contributed by atoms with Crippen LogP contribution in [0, 0.1) is 5.41 Å². The van der Waals surface area contributed by atoms with E-state index >= 15 is 0 Å². The van der Waals surface area contributed by atoms with E-state index in [-0.39, 0.29) is 11.3 Å². The van der Waals surface area contributed by atoms with Crippen molar-refractivity contribution in [2.24, 2.45) is 11.1 Å². The second kappa shape index (κ2) is 3.79. The number of pyridine rings is 1. The fraction of sp³-hybridized carbons (Fsp3) is 0.400. The van der Waals surface area contributed by atoms with Gasteiger partial charge in [0.1, 0.15) is 0 Å². The molecule has 1 fully saturated rings. The summed E-state index contributed by atoms with van der Waals surface area (Å²) in [6.45, 7) is 0.386. The van der Waals surface area contributed by atoms with Gasteiger partial charge in [-0.15, -0.1) is 0 Å². The van der Waals surface area contributed by atoms with Gasteiger partial charge in [0.2, 0.25) is 5.91 Å². The van der Waals surface area contributed by atoms with Crippen LogP contribution in [0.15, 0.2) is 18.5 Å². The second-order valence-corrected chi connectivity index (χ2v) is 4.20. The molecule has 0 atom stereocenters. The van der Waals surface area contributed by atoms with Crippen LogP contribution >= 0.6 is 11.6 Å². The van der Waals surface area contributed by atoms with Crippen LogP contribution in [-0.4, -0.2) is 17.4 Å². The lowest BCUT2D eigenvalue weighted by Gasteiger charge is -2.13. The molecule has 1 aliphatic carbocycles. The maximum Gasteiger partial charge on any atom is 0.231 e. The number of halogens is 1. The summed E-state index contributed by atoms with van der Waals surface area (Å²) in [6.07, 6.45) is 4.82. The fourth-order valence-electron chi connectivity index (χ4n) is 1.40. The number of carbonyl (C=O) groups is 1. The third kappa shape index (κ3) is 1.96. The minimum atomic E-state index is -0.362. The van der Waals surface area contributed by atoms with Crippen LogP contribution in [0.2, 0.25) is 5.02 Å². The maximum atomic E-state index is 11.8. The van der Waals surface area contributed by atoms with Gasteiger partial charge in [0.05, 0.1) is 22.3 Å². The summed E-state index contributed by atoms with van der Waals surface area (Å²) in [6, 6.07) is 1.64. The van der Waals surface area contributed by atoms with Crippen molar-refractivity contribution < 1.29 is 4.79 Å². The molecule has 0 unspecified atom stereocenters. The average molecular weight is 226 g/mol. The van der Waals surface area contributed by atoms with Gasteiger partial charge in [0.25, 0.3) is 0 Å². The molecule has 4 nitrogen and oxygen atoms in total. The molecule has 1 aromatic heterocycles. The lowest BCUT2D eigenvalue weighted by Crippen LogP contribution is -2.30. The number of anilines is 1. The van der Waals surface area contributed by atoms with Crippen molar-refractivity contribution in [2.45, 2.75) is 12.8 Å². The molecule has 1 aromatic rings. The number of nitrogens with two attached hydrogens (primary N) is 1. The highest BCUT2D eigenvalue weighted by molar-refractivity contribution is 6.33. The molecule has 0 aromatic carbocycles. The highest BCUT2D eigenvalue weighted by Crippen LogP contribution is 2.45. The molecule has 2 rings (SSSR count). The first-order valence-corrected chi connectivity index (χ1v) is 5.17. The topological polar surface area (TPSA) is 68.0 Å². The molecule has 0 bridgehead atoms. The summed E-state index contributed by atoms with van der Waals surface area (Å²) in [5.41, 5.74) is 5.74. The average Bonchev–Trinajstić information content (AvgIpc) is 3.02. The third-order valence-electron chi connectivity index (χ3n) is 2.74. The summed E-state index contributed by atoms with van der Waals surface area (Å²) in [5, 5.41) is 3.24. The van der Waals surface area contributed by atoms with E-state index < -0.39 is 0 Å². The van der Waals surface area contributed by atoms with E-state index in [0.717, 1.165) is 12.8 Å². The first-order valence-electron chi connectivity index (χ1n) is 4.79. The summed E-state index contributed by atoms with van der Waals surface area (Å²) in [4.78, 5) is 15.7. The number of hydrogen-bond acceptors (Lipinski definition) is 3. The molecule has 0 spiro atoms. The predicted molar refractivity (Wildman–Crippen MR) is 58.6 cm³/mol. The largest absolute Gasteiger partial charge is 0.329 e. The molecule has 1 heterocycles. The van der Waals surface area contributed by atoms with Gasteiger partial charge >= 0.3 is 0 Å². The predicted octanol–water partition coefficient (Wildman–Crippen LogP) is 1.41. The van der Waals surface area contributed by atoms with Crippen molar-refractivity contribution in [2.75, 3.05) is 11.9 Å². The van der Waals surface area contributed by atoms with Crippen LogP contribution in [0.4, 0.5) is 5.69 Å². The zero-order valence-corrected chi connectivity index (χ0v) is 8.92. The van der Waals surface area contributed by atoms with E-state index in [0.29, 0.717) is 17.3 Å². The smallest absolute Gasteiger partial charge is 0.231 e. The fourth-order valence-corrected chi connectivity index (χ4v) is 1.55. The molecular formula is C10H12ClN3O. The zero-order chi connectivity index (χ0) is 10.9. The van der Waals surface area contributed by atoms with E-state index in [1.165, 1.54) is 6.20 Å². The number of aromatic nitrogens is 1. The van der Waals surface area contributed by atoms with Crippen molar-refractivity contribution >= 4 is 23.2 Å². The molecule has 3 N–H and O–H groups in total. The minimum absolute atomic E-state index is 0.0556. The lowest BCUT2D eigenvalue weighted by atomic mass is 10.1.